The van der Waals surface area contributed by atoms with Crippen LogP contribution in [-0.4, -0.2) is 68.2 Å². The highest BCUT2D eigenvalue weighted by Gasteiger charge is 2.55. The standard InChI is InChI=1S/C18H22N2O5S/c1-13(21)16-10-25-8-7-20(16)17(22)14-3-2-4-15(9-14)26(23,24)19-11-18(12-19)5-6-18/h2-4,9,16H,5-8,10-12H2,1H3/t16-/m1/s1. The minimum Gasteiger partial charge on any atom is -0.377 e. The number of amides is 1. The van der Waals surface area contributed by atoms with E-state index in [1.54, 1.807) is 12.1 Å². The van der Waals surface area contributed by atoms with Crippen molar-refractivity contribution < 1.29 is 22.7 Å². The zero-order chi connectivity index (χ0) is 18.5. The lowest BCUT2D eigenvalue weighted by Gasteiger charge is -2.38. The molecule has 1 aromatic carbocycles. The molecule has 2 aliphatic heterocycles. The predicted octanol–water partition coefficient (Wildman–Crippen LogP) is 0.901. The lowest BCUT2D eigenvalue weighted by molar-refractivity contribution is -0.126. The Morgan fingerprint density at radius 2 is 1.96 bits per heavy atom. The van der Waals surface area contributed by atoms with Crippen LogP contribution in [0.5, 0.6) is 0 Å². The molecule has 2 saturated heterocycles. The predicted molar refractivity (Wildman–Crippen MR) is 93.2 cm³/mol. The second-order valence-electron chi connectivity index (χ2n) is 7.50. The Kier molecular flexibility index (Phi) is 4.17. The number of ketones is 1. The molecule has 3 aliphatic rings. The van der Waals surface area contributed by atoms with E-state index in [-0.39, 0.29) is 34.2 Å². The summed E-state index contributed by atoms with van der Waals surface area (Å²) in [4.78, 5) is 26.3. The van der Waals surface area contributed by atoms with Crippen molar-refractivity contribution in [2.24, 2.45) is 5.41 Å². The molecular formula is C18H22N2O5S. The van der Waals surface area contributed by atoms with Gasteiger partial charge in [0.05, 0.1) is 18.1 Å². The number of sulfonamides is 1. The fourth-order valence-electron chi connectivity index (χ4n) is 3.65. The van der Waals surface area contributed by atoms with E-state index in [1.165, 1.54) is 28.3 Å². The lowest BCUT2D eigenvalue weighted by atomic mass is 10.0. The average molecular weight is 378 g/mol. The monoisotopic (exact) mass is 378 g/mol. The van der Waals surface area contributed by atoms with Crippen molar-refractivity contribution >= 4 is 21.7 Å². The van der Waals surface area contributed by atoms with Crippen LogP contribution in [0, 0.1) is 5.41 Å². The maximum atomic E-state index is 12.9. The van der Waals surface area contributed by atoms with Crippen LogP contribution in [0.25, 0.3) is 0 Å². The summed E-state index contributed by atoms with van der Waals surface area (Å²) in [7, 11) is -3.58. The Labute approximate surface area is 153 Å². The van der Waals surface area contributed by atoms with Gasteiger partial charge in [0.15, 0.2) is 5.78 Å². The Morgan fingerprint density at radius 3 is 2.62 bits per heavy atom. The molecule has 4 rings (SSSR count). The molecule has 1 saturated carbocycles. The molecule has 140 valence electrons. The van der Waals surface area contributed by atoms with Crippen LogP contribution in [0.15, 0.2) is 29.2 Å². The van der Waals surface area contributed by atoms with Crippen LogP contribution in [0.3, 0.4) is 0 Å². The van der Waals surface area contributed by atoms with Crippen molar-refractivity contribution in [3.05, 3.63) is 29.8 Å². The number of rotatable bonds is 4. The molecule has 0 N–H and O–H groups in total. The molecule has 0 bridgehead atoms. The van der Waals surface area contributed by atoms with Crippen LogP contribution in [-0.2, 0) is 19.6 Å². The molecule has 0 unspecified atom stereocenters. The molecule has 2 heterocycles. The first-order valence-electron chi connectivity index (χ1n) is 8.82. The molecular weight excluding hydrogens is 356 g/mol. The van der Waals surface area contributed by atoms with Gasteiger partial charge in [0, 0.05) is 25.2 Å². The number of ether oxygens (including phenoxy) is 1. The van der Waals surface area contributed by atoms with Crippen molar-refractivity contribution in [1.29, 1.82) is 0 Å². The molecule has 26 heavy (non-hydrogen) atoms. The lowest BCUT2D eigenvalue weighted by Crippen LogP contribution is -2.52. The largest absolute Gasteiger partial charge is 0.377 e. The summed E-state index contributed by atoms with van der Waals surface area (Å²) >= 11 is 0. The van der Waals surface area contributed by atoms with E-state index in [1.807, 2.05) is 0 Å². The first-order valence-corrected chi connectivity index (χ1v) is 10.3. The van der Waals surface area contributed by atoms with Crippen molar-refractivity contribution in [3.8, 4) is 0 Å². The van der Waals surface area contributed by atoms with Crippen LogP contribution < -0.4 is 0 Å². The van der Waals surface area contributed by atoms with Crippen molar-refractivity contribution in [1.82, 2.24) is 9.21 Å². The van der Waals surface area contributed by atoms with Gasteiger partial charge in [0.25, 0.3) is 5.91 Å². The third kappa shape index (κ3) is 2.95. The summed E-state index contributed by atoms with van der Waals surface area (Å²) < 4.78 is 32.3. The quantitative estimate of drug-likeness (QED) is 0.777. The van der Waals surface area contributed by atoms with Gasteiger partial charge in [-0.25, -0.2) is 8.42 Å². The number of morpholine rings is 1. The first-order chi connectivity index (χ1) is 12.3. The fraction of sp³-hybridized carbons (Fsp3) is 0.556. The molecule has 3 fully saturated rings. The number of benzene rings is 1. The molecule has 1 aliphatic carbocycles. The van der Waals surface area contributed by atoms with E-state index in [4.69, 9.17) is 4.74 Å². The third-order valence-corrected chi connectivity index (χ3v) is 7.35. The van der Waals surface area contributed by atoms with Gasteiger partial charge >= 0.3 is 0 Å². The van der Waals surface area contributed by atoms with E-state index in [9.17, 15) is 18.0 Å². The van der Waals surface area contributed by atoms with Crippen molar-refractivity contribution in [2.75, 3.05) is 32.8 Å². The first kappa shape index (κ1) is 17.6. The summed E-state index contributed by atoms with van der Waals surface area (Å²) in [6.45, 7) is 3.43. The van der Waals surface area contributed by atoms with Gasteiger partial charge in [-0.15, -0.1) is 0 Å². The van der Waals surface area contributed by atoms with Gasteiger partial charge in [-0.1, -0.05) is 6.07 Å². The molecule has 0 radical (unpaired) electrons. The van der Waals surface area contributed by atoms with E-state index in [2.05, 4.69) is 0 Å². The molecule has 0 aromatic heterocycles. The van der Waals surface area contributed by atoms with E-state index in [0.29, 0.717) is 26.2 Å². The van der Waals surface area contributed by atoms with E-state index in [0.717, 1.165) is 12.8 Å². The second kappa shape index (κ2) is 6.14. The summed E-state index contributed by atoms with van der Waals surface area (Å²) in [6.07, 6.45) is 2.20. The summed E-state index contributed by atoms with van der Waals surface area (Å²) in [6, 6.07) is 5.48. The molecule has 1 amide bonds. The fourth-order valence-corrected chi connectivity index (χ4v) is 5.37. The maximum absolute atomic E-state index is 12.9. The summed E-state index contributed by atoms with van der Waals surface area (Å²) in [5.74, 6) is -0.482. The van der Waals surface area contributed by atoms with Crippen LogP contribution in [0.2, 0.25) is 0 Å². The topological polar surface area (TPSA) is 84.0 Å². The normalized spacial score (nSPS) is 25.0. The highest BCUT2D eigenvalue weighted by atomic mass is 32.2. The number of hydrogen-bond donors (Lipinski definition) is 0. The van der Waals surface area contributed by atoms with Gasteiger partial charge in [0.2, 0.25) is 10.0 Å². The Hall–Kier alpha value is -1.77. The van der Waals surface area contributed by atoms with Crippen LogP contribution in [0.4, 0.5) is 0 Å². The van der Waals surface area contributed by atoms with E-state index < -0.39 is 16.1 Å². The highest BCUT2D eigenvalue weighted by molar-refractivity contribution is 7.89. The van der Waals surface area contributed by atoms with Gasteiger partial charge in [0.1, 0.15) is 6.04 Å². The zero-order valence-corrected chi connectivity index (χ0v) is 15.5. The van der Waals surface area contributed by atoms with Crippen LogP contribution in [0.1, 0.15) is 30.1 Å². The number of Topliss-reactive ketones (excluding diaryl/α,β-unsaturated/α-hetero) is 1. The number of carbonyl (C=O) groups excluding carboxylic acids is 2. The molecule has 1 aromatic rings. The summed E-state index contributed by atoms with van der Waals surface area (Å²) in [5, 5.41) is 0. The number of nitrogens with zero attached hydrogens (tertiary/aromatic N) is 2. The Morgan fingerprint density at radius 1 is 1.23 bits per heavy atom. The number of hydrogen-bond acceptors (Lipinski definition) is 5. The zero-order valence-electron chi connectivity index (χ0n) is 14.7. The molecule has 1 spiro atoms. The third-order valence-electron chi connectivity index (χ3n) is 5.56. The smallest absolute Gasteiger partial charge is 0.254 e. The minimum absolute atomic E-state index is 0.131. The molecule has 7 nitrogen and oxygen atoms in total. The SMILES string of the molecule is CC(=O)[C@H]1COCCN1C(=O)c1cccc(S(=O)(=O)N2CC3(CC3)C2)c1. The van der Waals surface area contributed by atoms with E-state index >= 15 is 0 Å². The number of carbonyl (C=O) groups is 2. The molecule has 1 atom stereocenters. The van der Waals surface area contributed by atoms with Gasteiger partial charge in [-0.2, -0.15) is 4.31 Å². The van der Waals surface area contributed by atoms with Crippen molar-refractivity contribution in [2.45, 2.75) is 30.7 Å². The van der Waals surface area contributed by atoms with Gasteiger partial charge in [-0.3, -0.25) is 9.59 Å². The second-order valence-corrected chi connectivity index (χ2v) is 9.44. The Balaban J connectivity index is 1.57. The highest BCUT2D eigenvalue weighted by Crippen LogP contribution is 2.54. The minimum atomic E-state index is -3.58. The summed E-state index contributed by atoms with van der Waals surface area (Å²) in [5.41, 5.74) is 0.504. The molecule has 8 heteroatoms. The van der Waals surface area contributed by atoms with Crippen molar-refractivity contribution in [3.63, 3.8) is 0 Å². The van der Waals surface area contributed by atoms with Gasteiger partial charge < -0.3 is 9.64 Å². The van der Waals surface area contributed by atoms with Gasteiger partial charge in [-0.05, 0) is 43.4 Å². The maximum Gasteiger partial charge on any atom is 0.254 e. The van der Waals surface area contributed by atoms with Crippen LogP contribution >= 0.6 is 0 Å². The Bertz CT molecular complexity index is 854. The average Bonchev–Trinajstić information content (AvgIpc) is 3.41.